The van der Waals surface area contributed by atoms with Crippen LogP contribution in [0.25, 0.3) is 0 Å². The van der Waals surface area contributed by atoms with Gasteiger partial charge in [0, 0.05) is 13.1 Å². The number of aryl methyl sites for hydroxylation is 1. The molecule has 4 heteroatoms. The van der Waals surface area contributed by atoms with E-state index in [2.05, 4.69) is 29.4 Å². The van der Waals surface area contributed by atoms with Gasteiger partial charge in [-0.25, -0.2) is 0 Å². The molecule has 4 nitrogen and oxygen atoms in total. The number of aromatic nitrogens is 3. The lowest BCUT2D eigenvalue weighted by Gasteiger charge is -2.21. The van der Waals surface area contributed by atoms with Gasteiger partial charge in [0.15, 0.2) is 0 Å². The fourth-order valence-electron chi connectivity index (χ4n) is 2.77. The maximum absolute atomic E-state index is 4.17. The van der Waals surface area contributed by atoms with Crippen molar-refractivity contribution in [2.45, 2.75) is 58.0 Å². The van der Waals surface area contributed by atoms with Crippen LogP contribution in [0.3, 0.4) is 0 Å². The summed E-state index contributed by atoms with van der Waals surface area (Å²) in [7, 11) is 2.00. The fraction of sp³-hybridized carbons (Fsp3) is 0.846. The summed E-state index contributed by atoms with van der Waals surface area (Å²) in [5, 5.41) is 11.8. The zero-order chi connectivity index (χ0) is 12.3. The standard InChI is InChI=1S/C13H24N4/c1-10-5-4-6-12(8-7-10)15-11(2)13-16-14-9-17(13)3/h9-12,15H,4-8H2,1-3H3. The van der Waals surface area contributed by atoms with Crippen LogP contribution >= 0.6 is 0 Å². The van der Waals surface area contributed by atoms with E-state index in [0.717, 1.165) is 11.7 Å². The normalized spacial score (nSPS) is 27.7. The second kappa shape index (κ2) is 5.63. The van der Waals surface area contributed by atoms with Crippen molar-refractivity contribution < 1.29 is 0 Å². The van der Waals surface area contributed by atoms with Gasteiger partial charge in [0.25, 0.3) is 0 Å². The van der Waals surface area contributed by atoms with Crippen molar-refractivity contribution in [2.24, 2.45) is 13.0 Å². The maximum atomic E-state index is 4.17. The quantitative estimate of drug-likeness (QED) is 0.820. The minimum absolute atomic E-state index is 0.293. The summed E-state index contributed by atoms with van der Waals surface area (Å²) >= 11 is 0. The van der Waals surface area contributed by atoms with E-state index in [4.69, 9.17) is 0 Å². The number of hydrogen-bond donors (Lipinski definition) is 1. The van der Waals surface area contributed by atoms with Crippen molar-refractivity contribution in [1.82, 2.24) is 20.1 Å². The van der Waals surface area contributed by atoms with Crippen molar-refractivity contribution in [3.05, 3.63) is 12.2 Å². The first-order valence-corrected chi connectivity index (χ1v) is 6.76. The topological polar surface area (TPSA) is 42.7 Å². The van der Waals surface area contributed by atoms with Gasteiger partial charge in [0.05, 0.1) is 6.04 Å². The molecule has 3 atom stereocenters. The molecule has 1 aliphatic rings. The zero-order valence-electron chi connectivity index (χ0n) is 11.2. The van der Waals surface area contributed by atoms with E-state index in [1.165, 1.54) is 32.1 Å². The average molecular weight is 236 g/mol. The molecule has 1 aromatic rings. The highest BCUT2D eigenvalue weighted by molar-refractivity contribution is 4.93. The first-order chi connectivity index (χ1) is 8.16. The van der Waals surface area contributed by atoms with Gasteiger partial charge in [-0.15, -0.1) is 10.2 Å². The summed E-state index contributed by atoms with van der Waals surface area (Å²) in [4.78, 5) is 0. The molecule has 2 rings (SSSR count). The zero-order valence-corrected chi connectivity index (χ0v) is 11.2. The molecule has 1 heterocycles. The lowest BCUT2D eigenvalue weighted by atomic mass is 10.0. The Morgan fingerprint density at radius 2 is 2.18 bits per heavy atom. The van der Waals surface area contributed by atoms with E-state index in [1.807, 2.05) is 11.6 Å². The van der Waals surface area contributed by atoms with Crippen LogP contribution in [0.15, 0.2) is 6.33 Å². The predicted octanol–water partition coefficient (Wildman–Crippen LogP) is 2.43. The van der Waals surface area contributed by atoms with E-state index in [0.29, 0.717) is 12.1 Å². The monoisotopic (exact) mass is 236 g/mol. The largest absolute Gasteiger partial charge is 0.319 e. The molecular formula is C13H24N4. The summed E-state index contributed by atoms with van der Waals surface area (Å²) < 4.78 is 2.00. The summed E-state index contributed by atoms with van der Waals surface area (Å²) in [5.74, 6) is 1.93. The second-order valence-corrected chi connectivity index (χ2v) is 5.50. The lowest BCUT2D eigenvalue weighted by molar-refractivity contribution is 0.394. The Morgan fingerprint density at radius 1 is 1.35 bits per heavy atom. The minimum Gasteiger partial charge on any atom is -0.319 e. The summed E-state index contributed by atoms with van der Waals surface area (Å²) in [5.41, 5.74) is 0. The molecule has 0 amide bonds. The average Bonchev–Trinajstić information content (AvgIpc) is 2.61. The Kier molecular flexibility index (Phi) is 4.15. The molecule has 17 heavy (non-hydrogen) atoms. The second-order valence-electron chi connectivity index (χ2n) is 5.50. The first-order valence-electron chi connectivity index (χ1n) is 6.76. The third-order valence-electron chi connectivity index (χ3n) is 3.88. The van der Waals surface area contributed by atoms with E-state index < -0.39 is 0 Å². The molecule has 0 bridgehead atoms. The Hall–Kier alpha value is -0.900. The number of nitrogens with one attached hydrogen (secondary N) is 1. The third kappa shape index (κ3) is 3.28. The molecule has 1 fully saturated rings. The van der Waals surface area contributed by atoms with Gasteiger partial charge in [0.2, 0.25) is 0 Å². The van der Waals surface area contributed by atoms with Gasteiger partial charge >= 0.3 is 0 Å². The van der Waals surface area contributed by atoms with Crippen molar-refractivity contribution in [2.75, 3.05) is 0 Å². The molecule has 1 saturated carbocycles. The molecule has 0 aromatic carbocycles. The molecule has 1 aliphatic carbocycles. The molecule has 3 unspecified atom stereocenters. The smallest absolute Gasteiger partial charge is 0.149 e. The summed E-state index contributed by atoms with van der Waals surface area (Å²) in [6.45, 7) is 4.55. The molecule has 1 aromatic heterocycles. The number of rotatable bonds is 3. The Morgan fingerprint density at radius 3 is 2.88 bits per heavy atom. The first kappa shape index (κ1) is 12.6. The molecular weight excluding hydrogens is 212 g/mol. The van der Waals surface area contributed by atoms with Crippen LogP contribution < -0.4 is 5.32 Å². The van der Waals surface area contributed by atoms with Crippen molar-refractivity contribution in [3.63, 3.8) is 0 Å². The third-order valence-corrected chi connectivity index (χ3v) is 3.88. The highest BCUT2D eigenvalue weighted by Gasteiger charge is 2.19. The van der Waals surface area contributed by atoms with Crippen molar-refractivity contribution in [3.8, 4) is 0 Å². The van der Waals surface area contributed by atoms with Gasteiger partial charge in [0.1, 0.15) is 12.2 Å². The van der Waals surface area contributed by atoms with Crippen LogP contribution in [-0.2, 0) is 7.05 Å². The maximum Gasteiger partial charge on any atom is 0.149 e. The SMILES string of the molecule is CC1CCCC(NC(C)c2nncn2C)CC1. The molecule has 0 saturated heterocycles. The van der Waals surface area contributed by atoms with E-state index >= 15 is 0 Å². The Labute approximate surface area is 104 Å². The molecule has 0 aliphatic heterocycles. The van der Waals surface area contributed by atoms with Crippen molar-refractivity contribution >= 4 is 0 Å². The van der Waals surface area contributed by atoms with Gasteiger partial charge in [-0.2, -0.15) is 0 Å². The Balaban J connectivity index is 1.90. The van der Waals surface area contributed by atoms with Crippen LogP contribution in [0.1, 0.15) is 57.8 Å². The van der Waals surface area contributed by atoms with Crippen LogP contribution in [0.5, 0.6) is 0 Å². The molecule has 0 radical (unpaired) electrons. The van der Waals surface area contributed by atoms with Crippen LogP contribution in [0.2, 0.25) is 0 Å². The van der Waals surface area contributed by atoms with Gasteiger partial charge in [-0.3, -0.25) is 0 Å². The molecule has 96 valence electrons. The number of hydrogen-bond acceptors (Lipinski definition) is 3. The summed E-state index contributed by atoms with van der Waals surface area (Å²) in [6.07, 6.45) is 8.45. The minimum atomic E-state index is 0.293. The van der Waals surface area contributed by atoms with E-state index in [1.54, 1.807) is 6.33 Å². The fourth-order valence-corrected chi connectivity index (χ4v) is 2.77. The van der Waals surface area contributed by atoms with Crippen LogP contribution in [0.4, 0.5) is 0 Å². The van der Waals surface area contributed by atoms with E-state index in [-0.39, 0.29) is 0 Å². The van der Waals surface area contributed by atoms with Crippen molar-refractivity contribution in [1.29, 1.82) is 0 Å². The van der Waals surface area contributed by atoms with E-state index in [9.17, 15) is 0 Å². The van der Waals surface area contributed by atoms with Crippen LogP contribution in [-0.4, -0.2) is 20.8 Å². The summed E-state index contributed by atoms with van der Waals surface area (Å²) in [6, 6.07) is 0.938. The molecule has 0 spiro atoms. The predicted molar refractivity (Wildman–Crippen MR) is 68.6 cm³/mol. The highest BCUT2D eigenvalue weighted by atomic mass is 15.3. The van der Waals surface area contributed by atoms with Gasteiger partial charge < -0.3 is 9.88 Å². The molecule has 1 N–H and O–H groups in total. The number of nitrogens with zero attached hydrogens (tertiary/aromatic N) is 3. The Bertz CT molecular complexity index is 347. The van der Waals surface area contributed by atoms with Gasteiger partial charge in [-0.05, 0) is 32.1 Å². The van der Waals surface area contributed by atoms with Gasteiger partial charge in [-0.1, -0.05) is 19.8 Å². The highest BCUT2D eigenvalue weighted by Crippen LogP contribution is 2.24. The lowest BCUT2D eigenvalue weighted by Crippen LogP contribution is -2.32. The van der Waals surface area contributed by atoms with Crippen LogP contribution in [0, 0.1) is 5.92 Å².